The first-order valence-corrected chi connectivity index (χ1v) is 7.66. The van der Waals surface area contributed by atoms with E-state index in [9.17, 15) is 18.0 Å². The number of nitrogens with zero attached hydrogens (tertiary/aromatic N) is 4. The molecule has 1 amide bonds. The lowest BCUT2D eigenvalue weighted by Gasteiger charge is -2.07. The van der Waals surface area contributed by atoms with Crippen LogP contribution in [0.1, 0.15) is 24.6 Å². The number of amides is 1. The van der Waals surface area contributed by atoms with Gasteiger partial charge in [-0.15, -0.1) is 0 Å². The standard InChI is InChI=1S/C15H13F3N6O/c16-15(17,18)7-20-14(25)24-6-4-10(23-24)9-3-5-19-13-11(9)21-12(22-13)8-1-2-8/h3-6,8H,1-2,7H2,(H,20,25)(H,19,21,22). The van der Waals surface area contributed by atoms with E-state index in [1.807, 2.05) is 0 Å². The molecule has 0 aliphatic heterocycles. The van der Waals surface area contributed by atoms with E-state index < -0.39 is 18.8 Å². The van der Waals surface area contributed by atoms with Crippen LogP contribution >= 0.6 is 0 Å². The molecule has 0 saturated heterocycles. The smallest absolute Gasteiger partial charge is 0.340 e. The van der Waals surface area contributed by atoms with Gasteiger partial charge in [-0.1, -0.05) is 0 Å². The normalized spacial score (nSPS) is 14.8. The minimum absolute atomic E-state index is 0.424. The Morgan fingerprint density at radius 1 is 1.36 bits per heavy atom. The van der Waals surface area contributed by atoms with Crippen molar-refractivity contribution in [3.8, 4) is 11.3 Å². The predicted molar refractivity (Wildman–Crippen MR) is 81.9 cm³/mol. The highest BCUT2D eigenvalue weighted by Crippen LogP contribution is 2.39. The minimum Gasteiger partial charge on any atom is -0.340 e. The van der Waals surface area contributed by atoms with Gasteiger partial charge >= 0.3 is 12.2 Å². The quantitative estimate of drug-likeness (QED) is 0.760. The summed E-state index contributed by atoms with van der Waals surface area (Å²) in [7, 11) is 0. The molecule has 1 saturated carbocycles. The number of hydrogen-bond acceptors (Lipinski definition) is 4. The zero-order valence-electron chi connectivity index (χ0n) is 12.8. The Morgan fingerprint density at radius 3 is 2.88 bits per heavy atom. The monoisotopic (exact) mass is 350 g/mol. The zero-order chi connectivity index (χ0) is 17.6. The molecule has 3 aromatic rings. The fraction of sp³-hybridized carbons (Fsp3) is 0.333. The SMILES string of the molecule is O=C(NCC(F)(F)F)n1ccc(-c2ccnc3nc(C4CC4)[nH]c23)n1. The number of alkyl halides is 3. The number of carbonyl (C=O) groups excluding carboxylic acids is 1. The number of aromatic amines is 1. The Bertz CT molecular complexity index is 940. The molecule has 0 radical (unpaired) electrons. The van der Waals surface area contributed by atoms with Gasteiger partial charge in [0, 0.05) is 23.9 Å². The summed E-state index contributed by atoms with van der Waals surface area (Å²) in [5, 5.41) is 5.83. The Kier molecular flexibility index (Phi) is 3.48. The Hall–Kier alpha value is -2.91. The van der Waals surface area contributed by atoms with Crippen LogP contribution in [0.2, 0.25) is 0 Å². The molecule has 1 aliphatic rings. The molecule has 10 heteroatoms. The second kappa shape index (κ2) is 5.57. The second-order valence-electron chi connectivity index (χ2n) is 5.87. The lowest BCUT2D eigenvalue weighted by molar-refractivity contribution is -0.122. The van der Waals surface area contributed by atoms with Gasteiger partial charge in [0.15, 0.2) is 5.65 Å². The van der Waals surface area contributed by atoms with E-state index >= 15 is 0 Å². The first-order chi connectivity index (χ1) is 11.9. The summed E-state index contributed by atoms with van der Waals surface area (Å²) in [6.45, 7) is -1.41. The van der Waals surface area contributed by atoms with Gasteiger partial charge in [-0.05, 0) is 25.0 Å². The van der Waals surface area contributed by atoms with Crippen LogP contribution in [0, 0.1) is 0 Å². The summed E-state index contributed by atoms with van der Waals surface area (Å²) < 4.78 is 37.4. The largest absolute Gasteiger partial charge is 0.405 e. The molecular weight excluding hydrogens is 337 g/mol. The van der Waals surface area contributed by atoms with Crippen LogP contribution in [-0.4, -0.2) is 43.5 Å². The van der Waals surface area contributed by atoms with Crippen molar-refractivity contribution in [2.24, 2.45) is 0 Å². The molecule has 0 spiro atoms. The van der Waals surface area contributed by atoms with Crippen LogP contribution in [-0.2, 0) is 0 Å². The highest BCUT2D eigenvalue weighted by atomic mass is 19.4. The number of imidazole rings is 1. The third-order valence-electron chi connectivity index (χ3n) is 3.89. The predicted octanol–water partition coefficient (Wildman–Crippen LogP) is 2.82. The fourth-order valence-electron chi connectivity index (χ4n) is 2.53. The molecule has 0 aromatic carbocycles. The molecule has 1 fully saturated rings. The van der Waals surface area contributed by atoms with E-state index in [2.05, 4.69) is 20.1 Å². The van der Waals surface area contributed by atoms with E-state index in [0.29, 0.717) is 28.3 Å². The van der Waals surface area contributed by atoms with Crippen molar-refractivity contribution < 1.29 is 18.0 Å². The van der Waals surface area contributed by atoms with Crippen molar-refractivity contribution in [3.05, 3.63) is 30.4 Å². The Morgan fingerprint density at radius 2 is 2.16 bits per heavy atom. The summed E-state index contributed by atoms with van der Waals surface area (Å²) in [6, 6.07) is 2.33. The van der Waals surface area contributed by atoms with Gasteiger partial charge < -0.3 is 10.3 Å². The van der Waals surface area contributed by atoms with Gasteiger partial charge in [0.1, 0.15) is 12.4 Å². The van der Waals surface area contributed by atoms with Gasteiger partial charge in [0.25, 0.3) is 0 Å². The van der Waals surface area contributed by atoms with E-state index in [1.165, 1.54) is 6.20 Å². The molecule has 0 bridgehead atoms. The van der Waals surface area contributed by atoms with Gasteiger partial charge in [0.2, 0.25) is 0 Å². The van der Waals surface area contributed by atoms with Gasteiger partial charge in [-0.25, -0.2) is 14.8 Å². The molecule has 0 unspecified atom stereocenters. The van der Waals surface area contributed by atoms with Crippen molar-refractivity contribution in [2.75, 3.05) is 6.54 Å². The van der Waals surface area contributed by atoms with Crippen molar-refractivity contribution in [2.45, 2.75) is 24.9 Å². The molecule has 130 valence electrons. The van der Waals surface area contributed by atoms with Gasteiger partial charge in [-0.2, -0.15) is 23.0 Å². The number of nitrogens with one attached hydrogen (secondary N) is 2. The molecule has 2 N–H and O–H groups in total. The zero-order valence-corrected chi connectivity index (χ0v) is 12.8. The summed E-state index contributed by atoms with van der Waals surface area (Å²) in [6.07, 6.45) is 0.591. The average molecular weight is 350 g/mol. The number of halogens is 3. The second-order valence-corrected chi connectivity index (χ2v) is 5.87. The number of carbonyl (C=O) groups is 1. The van der Waals surface area contributed by atoms with Crippen LogP contribution in [0.15, 0.2) is 24.5 Å². The first-order valence-electron chi connectivity index (χ1n) is 7.66. The molecule has 1 aliphatic carbocycles. The highest BCUT2D eigenvalue weighted by Gasteiger charge is 2.29. The van der Waals surface area contributed by atoms with E-state index in [4.69, 9.17) is 0 Å². The minimum atomic E-state index is -4.47. The maximum Gasteiger partial charge on any atom is 0.405 e. The van der Waals surface area contributed by atoms with Crippen molar-refractivity contribution in [1.82, 2.24) is 30.0 Å². The molecule has 25 heavy (non-hydrogen) atoms. The van der Waals surface area contributed by atoms with Crippen molar-refractivity contribution >= 4 is 17.2 Å². The third-order valence-corrected chi connectivity index (χ3v) is 3.89. The van der Waals surface area contributed by atoms with E-state index in [-0.39, 0.29) is 0 Å². The molecule has 0 atom stereocenters. The van der Waals surface area contributed by atoms with E-state index in [0.717, 1.165) is 23.3 Å². The highest BCUT2D eigenvalue weighted by molar-refractivity contribution is 5.89. The maximum absolute atomic E-state index is 12.2. The number of fused-ring (bicyclic) bond motifs is 1. The van der Waals surface area contributed by atoms with Crippen LogP contribution < -0.4 is 5.32 Å². The van der Waals surface area contributed by atoms with Crippen molar-refractivity contribution in [1.29, 1.82) is 0 Å². The summed E-state index contributed by atoms with van der Waals surface area (Å²) in [4.78, 5) is 23.7. The number of aromatic nitrogens is 5. The van der Waals surface area contributed by atoms with E-state index in [1.54, 1.807) is 23.6 Å². The van der Waals surface area contributed by atoms with Crippen LogP contribution in [0.3, 0.4) is 0 Å². The van der Waals surface area contributed by atoms with Crippen LogP contribution in [0.4, 0.5) is 18.0 Å². The first kappa shape index (κ1) is 15.6. The number of H-pyrrole nitrogens is 1. The molecule has 7 nitrogen and oxygen atoms in total. The Labute approximate surface area is 139 Å². The van der Waals surface area contributed by atoms with Gasteiger partial charge in [-0.3, -0.25) is 0 Å². The maximum atomic E-state index is 12.2. The number of pyridine rings is 1. The van der Waals surface area contributed by atoms with Crippen LogP contribution in [0.25, 0.3) is 22.4 Å². The fourth-order valence-corrected chi connectivity index (χ4v) is 2.53. The Balaban J connectivity index is 1.61. The summed E-state index contributed by atoms with van der Waals surface area (Å²) in [5.41, 5.74) is 2.38. The third kappa shape index (κ3) is 3.19. The molecule has 4 rings (SSSR count). The van der Waals surface area contributed by atoms with Crippen LogP contribution in [0.5, 0.6) is 0 Å². The lowest BCUT2D eigenvalue weighted by atomic mass is 10.2. The topological polar surface area (TPSA) is 88.5 Å². The average Bonchev–Trinajstić information content (AvgIpc) is 3.13. The lowest BCUT2D eigenvalue weighted by Crippen LogP contribution is -2.36. The number of hydrogen-bond donors (Lipinski definition) is 2. The van der Waals surface area contributed by atoms with Gasteiger partial charge in [0.05, 0.1) is 11.2 Å². The molecule has 3 heterocycles. The van der Waals surface area contributed by atoms with Crippen molar-refractivity contribution in [3.63, 3.8) is 0 Å². The number of rotatable bonds is 3. The molecule has 3 aromatic heterocycles. The molecular formula is C15H13F3N6O. The summed E-state index contributed by atoms with van der Waals surface area (Å²) in [5.74, 6) is 1.30. The summed E-state index contributed by atoms with van der Waals surface area (Å²) >= 11 is 0.